The zero-order valence-corrected chi connectivity index (χ0v) is 13.2. The van der Waals surface area contributed by atoms with Gasteiger partial charge in [0.05, 0.1) is 20.8 Å². The summed E-state index contributed by atoms with van der Waals surface area (Å²) in [7, 11) is 0. The van der Waals surface area contributed by atoms with Crippen molar-refractivity contribution in [3.05, 3.63) is 50.6 Å². The molecule has 1 heterocycles. The number of carboxylic acid groups (broad SMARTS) is 1. The van der Waals surface area contributed by atoms with Crippen LogP contribution in [0.25, 0.3) is 0 Å². The number of rotatable bonds is 5. The zero-order valence-electron chi connectivity index (χ0n) is 10.8. The number of thiophene rings is 1. The molecule has 0 saturated heterocycles. The number of aliphatic hydroxyl groups excluding tert-OH is 1. The Labute approximate surface area is 133 Å². The standard InChI is InChI=1S/C14H12BrNO4S/c15-12-6-5-11(21-12)13(18)16(7-8-17)10-3-1-9(2-4-10)14(19)20/h1-6,17H,7-8H2,(H,19,20). The van der Waals surface area contributed by atoms with Gasteiger partial charge in [-0.1, -0.05) is 0 Å². The number of nitrogens with zero attached hydrogens (tertiary/aromatic N) is 1. The molecule has 0 radical (unpaired) electrons. The number of hydrogen-bond acceptors (Lipinski definition) is 4. The Hall–Kier alpha value is -1.70. The minimum atomic E-state index is -1.02. The number of hydrogen-bond donors (Lipinski definition) is 2. The molecule has 0 atom stereocenters. The van der Waals surface area contributed by atoms with E-state index in [4.69, 9.17) is 10.2 Å². The van der Waals surface area contributed by atoms with E-state index >= 15 is 0 Å². The topological polar surface area (TPSA) is 77.8 Å². The van der Waals surface area contributed by atoms with Crippen molar-refractivity contribution in [2.24, 2.45) is 0 Å². The van der Waals surface area contributed by atoms with Gasteiger partial charge in [0, 0.05) is 12.2 Å². The highest BCUT2D eigenvalue weighted by Crippen LogP contribution is 2.25. The lowest BCUT2D eigenvalue weighted by molar-refractivity contribution is 0.0696. The molecule has 0 spiro atoms. The monoisotopic (exact) mass is 369 g/mol. The van der Waals surface area contributed by atoms with Crippen molar-refractivity contribution in [2.75, 3.05) is 18.1 Å². The maximum Gasteiger partial charge on any atom is 0.335 e. The first kappa shape index (κ1) is 15.7. The number of aromatic carboxylic acids is 1. The molecule has 5 nitrogen and oxygen atoms in total. The van der Waals surface area contributed by atoms with E-state index in [0.717, 1.165) is 3.79 Å². The van der Waals surface area contributed by atoms with Crippen LogP contribution in [-0.4, -0.2) is 35.2 Å². The number of amides is 1. The van der Waals surface area contributed by atoms with Gasteiger partial charge >= 0.3 is 5.97 Å². The lowest BCUT2D eigenvalue weighted by Gasteiger charge is -2.21. The normalized spacial score (nSPS) is 10.4. The van der Waals surface area contributed by atoms with Gasteiger partial charge in [0.2, 0.25) is 0 Å². The first-order valence-corrected chi connectivity index (χ1v) is 7.65. The molecule has 0 aliphatic carbocycles. The largest absolute Gasteiger partial charge is 0.478 e. The molecule has 110 valence electrons. The first-order chi connectivity index (χ1) is 10.0. The molecule has 2 N–H and O–H groups in total. The van der Waals surface area contributed by atoms with Crippen LogP contribution in [0.15, 0.2) is 40.2 Å². The van der Waals surface area contributed by atoms with Gasteiger partial charge < -0.3 is 15.1 Å². The van der Waals surface area contributed by atoms with Crippen molar-refractivity contribution in [3.63, 3.8) is 0 Å². The molecule has 0 saturated carbocycles. The Balaban J connectivity index is 2.29. The number of aliphatic hydroxyl groups is 1. The summed E-state index contributed by atoms with van der Waals surface area (Å²) in [5.74, 6) is -1.26. The fourth-order valence-electron chi connectivity index (χ4n) is 1.79. The Morgan fingerprint density at radius 3 is 2.29 bits per heavy atom. The highest BCUT2D eigenvalue weighted by atomic mass is 79.9. The van der Waals surface area contributed by atoms with Crippen LogP contribution in [-0.2, 0) is 0 Å². The quantitative estimate of drug-likeness (QED) is 0.849. The Bertz CT molecular complexity index is 653. The smallest absolute Gasteiger partial charge is 0.335 e. The Morgan fingerprint density at radius 2 is 1.81 bits per heavy atom. The predicted octanol–water partition coefficient (Wildman–Crippen LogP) is 2.85. The maximum atomic E-state index is 12.5. The van der Waals surface area contributed by atoms with Crippen LogP contribution in [0, 0.1) is 0 Å². The molecule has 21 heavy (non-hydrogen) atoms. The maximum absolute atomic E-state index is 12.5. The summed E-state index contributed by atoms with van der Waals surface area (Å²) in [4.78, 5) is 25.3. The van der Waals surface area contributed by atoms with E-state index in [9.17, 15) is 9.59 Å². The second-order valence-electron chi connectivity index (χ2n) is 4.14. The minimum absolute atomic E-state index is 0.140. The van der Waals surface area contributed by atoms with Crippen LogP contribution in [0.3, 0.4) is 0 Å². The Kier molecular flexibility index (Phi) is 5.11. The Morgan fingerprint density at radius 1 is 1.14 bits per heavy atom. The predicted molar refractivity (Wildman–Crippen MR) is 84.2 cm³/mol. The van der Waals surface area contributed by atoms with E-state index in [0.29, 0.717) is 10.6 Å². The molecule has 0 aliphatic heterocycles. The van der Waals surface area contributed by atoms with E-state index in [1.165, 1.54) is 28.4 Å². The molecule has 1 aromatic heterocycles. The van der Waals surface area contributed by atoms with E-state index in [1.807, 2.05) is 0 Å². The third-order valence-corrected chi connectivity index (χ3v) is 4.39. The number of carboxylic acids is 1. The summed E-state index contributed by atoms with van der Waals surface area (Å²) in [6, 6.07) is 9.45. The van der Waals surface area contributed by atoms with Gasteiger partial charge in [-0.15, -0.1) is 11.3 Å². The van der Waals surface area contributed by atoms with Crippen molar-refractivity contribution in [2.45, 2.75) is 0 Å². The van der Waals surface area contributed by atoms with Crippen LogP contribution in [0.4, 0.5) is 5.69 Å². The van der Waals surface area contributed by atoms with Crippen LogP contribution in [0.1, 0.15) is 20.0 Å². The fraction of sp³-hybridized carbons (Fsp3) is 0.143. The lowest BCUT2D eigenvalue weighted by Crippen LogP contribution is -2.33. The van der Waals surface area contributed by atoms with E-state index < -0.39 is 5.97 Å². The van der Waals surface area contributed by atoms with E-state index in [1.54, 1.807) is 24.3 Å². The summed E-state index contributed by atoms with van der Waals surface area (Å²) < 4.78 is 0.844. The molecule has 0 bridgehead atoms. The molecule has 2 aromatic rings. The van der Waals surface area contributed by atoms with E-state index in [2.05, 4.69) is 15.9 Å². The molecule has 0 aliphatic rings. The number of halogens is 1. The van der Waals surface area contributed by atoms with Crippen molar-refractivity contribution in [1.29, 1.82) is 0 Å². The highest BCUT2D eigenvalue weighted by Gasteiger charge is 2.19. The van der Waals surface area contributed by atoms with Gasteiger partial charge in [-0.2, -0.15) is 0 Å². The van der Waals surface area contributed by atoms with Crippen LogP contribution < -0.4 is 4.90 Å². The third-order valence-electron chi connectivity index (χ3n) is 2.78. The first-order valence-electron chi connectivity index (χ1n) is 6.04. The minimum Gasteiger partial charge on any atom is -0.478 e. The summed E-state index contributed by atoms with van der Waals surface area (Å²) in [6.45, 7) is -0.0419. The fourth-order valence-corrected chi connectivity index (χ4v) is 3.13. The second kappa shape index (κ2) is 6.84. The molecule has 1 amide bonds. The van der Waals surface area contributed by atoms with Gasteiger partial charge in [-0.3, -0.25) is 4.79 Å². The summed E-state index contributed by atoms with van der Waals surface area (Å²) in [5.41, 5.74) is 0.692. The molecule has 7 heteroatoms. The van der Waals surface area contributed by atoms with Crippen molar-refractivity contribution in [1.82, 2.24) is 0 Å². The third kappa shape index (κ3) is 3.69. The van der Waals surface area contributed by atoms with Gasteiger partial charge in [-0.05, 0) is 52.3 Å². The summed E-state index contributed by atoms with van der Waals surface area (Å²) in [5, 5.41) is 18.0. The van der Waals surface area contributed by atoms with E-state index in [-0.39, 0.29) is 24.6 Å². The van der Waals surface area contributed by atoms with Crippen LogP contribution in [0.2, 0.25) is 0 Å². The molecule has 0 unspecified atom stereocenters. The lowest BCUT2D eigenvalue weighted by atomic mass is 10.2. The van der Waals surface area contributed by atoms with Crippen molar-refractivity contribution < 1.29 is 19.8 Å². The van der Waals surface area contributed by atoms with Gasteiger partial charge in [-0.25, -0.2) is 4.79 Å². The van der Waals surface area contributed by atoms with Gasteiger partial charge in [0.1, 0.15) is 0 Å². The number of anilines is 1. The summed E-state index contributed by atoms with van der Waals surface area (Å²) in [6.07, 6.45) is 0. The van der Waals surface area contributed by atoms with Crippen LogP contribution in [0.5, 0.6) is 0 Å². The number of carbonyl (C=O) groups excluding carboxylic acids is 1. The zero-order chi connectivity index (χ0) is 15.4. The second-order valence-corrected chi connectivity index (χ2v) is 6.60. The van der Waals surface area contributed by atoms with Crippen LogP contribution >= 0.6 is 27.3 Å². The molecular weight excluding hydrogens is 358 g/mol. The van der Waals surface area contributed by atoms with Crippen molar-refractivity contribution >= 4 is 44.8 Å². The molecule has 2 rings (SSSR count). The van der Waals surface area contributed by atoms with Crippen molar-refractivity contribution in [3.8, 4) is 0 Å². The summed E-state index contributed by atoms with van der Waals surface area (Å²) >= 11 is 4.61. The highest BCUT2D eigenvalue weighted by molar-refractivity contribution is 9.11. The number of carbonyl (C=O) groups is 2. The molecular formula is C14H12BrNO4S. The van der Waals surface area contributed by atoms with Gasteiger partial charge in [0.25, 0.3) is 5.91 Å². The number of benzene rings is 1. The molecule has 0 fully saturated rings. The SMILES string of the molecule is O=C(O)c1ccc(N(CCO)C(=O)c2ccc(Br)s2)cc1. The van der Waals surface area contributed by atoms with Gasteiger partial charge in [0.15, 0.2) is 0 Å². The average molecular weight is 370 g/mol. The molecule has 1 aromatic carbocycles. The average Bonchev–Trinajstić information content (AvgIpc) is 2.91.